The van der Waals surface area contributed by atoms with Gasteiger partial charge in [-0.05, 0) is 13.0 Å². The summed E-state index contributed by atoms with van der Waals surface area (Å²) >= 11 is 0. The molecule has 2 N–H and O–H groups in total. The number of nitrogens with zero attached hydrogens (tertiary/aromatic N) is 1. The number of hydrogen-bond acceptors (Lipinski definition) is 5. The van der Waals surface area contributed by atoms with Gasteiger partial charge in [0.1, 0.15) is 5.76 Å². The Morgan fingerprint density at radius 3 is 2.68 bits per heavy atom. The van der Waals surface area contributed by atoms with Crippen LogP contribution in [0.1, 0.15) is 16.1 Å². The van der Waals surface area contributed by atoms with E-state index in [0.717, 1.165) is 13.1 Å². The van der Waals surface area contributed by atoms with E-state index < -0.39 is 0 Å². The number of hydrogen-bond donors (Lipinski definition) is 2. The summed E-state index contributed by atoms with van der Waals surface area (Å²) < 4.78 is 10.2. The molecule has 0 unspecified atom stereocenters. The molecule has 0 bridgehead atoms. The summed E-state index contributed by atoms with van der Waals surface area (Å²) in [6, 6.07) is 1.55. The fourth-order valence-electron chi connectivity index (χ4n) is 1.82. The van der Waals surface area contributed by atoms with E-state index in [9.17, 15) is 9.59 Å². The maximum Gasteiger partial charge on any atom is 0.273 e. The van der Waals surface area contributed by atoms with Gasteiger partial charge in [-0.15, -0.1) is 0 Å². The second-order valence-electron chi connectivity index (χ2n) is 4.28. The maximum atomic E-state index is 11.7. The number of furan rings is 1. The highest BCUT2D eigenvalue weighted by molar-refractivity contribution is 5.96. The molecule has 0 aliphatic carbocycles. The SMILES string of the molecule is Cc1occc1C(=O)NNC(=O)CN1CCOCC1. The molecule has 0 saturated carbocycles. The smallest absolute Gasteiger partial charge is 0.273 e. The van der Waals surface area contributed by atoms with Crippen molar-refractivity contribution >= 4 is 11.8 Å². The van der Waals surface area contributed by atoms with Crippen molar-refractivity contribution in [1.82, 2.24) is 15.8 Å². The van der Waals surface area contributed by atoms with E-state index in [1.807, 2.05) is 4.90 Å². The predicted octanol–water partition coefficient (Wildman–Crippen LogP) is -0.319. The number of rotatable bonds is 3. The Balaban J connectivity index is 1.74. The second-order valence-corrected chi connectivity index (χ2v) is 4.28. The summed E-state index contributed by atoms with van der Waals surface area (Å²) in [7, 11) is 0. The molecular formula is C12H17N3O4. The Hall–Kier alpha value is -1.86. The van der Waals surface area contributed by atoms with Crippen LogP contribution in [0.3, 0.4) is 0 Å². The highest BCUT2D eigenvalue weighted by Crippen LogP contribution is 2.07. The van der Waals surface area contributed by atoms with Crippen LogP contribution in [0.5, 0.6) is 0 Å². The standard InChI is InChI=1S/C12H17N3O4/c1-9-10(2-5-19-9)12(17)14-13-11(16)8-15-3-6-18-7-4-15/h2,5H,3-4,6-8H2,1H3,(H,13,16)(H,14,17). The summed E-state index contributed by atoms with van der Waals surface area (Å²) in [5, 5.41) is 0. The van der Waals surface area contributed by atoms with Crippen molar-refractivity contribution in [1.29, 1.82) is 0 Å². The molecule has 0 aromatic carbocycles. The third-order valence-electron chi connectivity index (χ3n) is 2.89. The molecule has 2 amide bonds. The lowest BCUT2D eigenvalue weighted by Gasteiger charge is -2.25. The predicted molar refractivity (Wildman–Crippen MR) is 66.3 cm³/mol. The van der Waals surface area contributed by atoms with Crippen molar-refractivity contribution in [2.75, 3.05) is 32.8 Å². The Labute approximate surface area is 110 Å². The molecule has 0 atom stereocenters. The van der Waals surface area contributed by atoms with Crippen molar-refractivity contribution < 1.29 is 18.7 Å². The number of aryl methyl sites for hydroxylation is 1. The van der Waals surface area contributed by atoms with Gasteiger partial charge in [0.2, 0.25) is 0 Å². The van der Waals surface area contributed by atoms with Crippen molar-refractivity contribution in [2.24, 2.45) is 0 Å². The first-order valence-electron chi connectivity index (χ1n) is 6.10. The maximum absolute atomic E-state index is 11.7. The van der Waals surface area contributed by atoms with Gasteiger partial charge in [0, 0.05) is 13.1 Å². The van der Waals surface area contributed by atoms with Gasteiger partial charge in [0.05, 0.1) is 31.6 Å². The lowest BCUT2D eigenvalue weighted by atomic mass is 10.2. The Kier molecular flexibility index (Phi) is 4.53. The lowest BCUT2D eigenvalue weighted by Crippen LogP contribution is -2.48. The van der Waals surface area contributed by atoms with E-state index in [1.54, 1.807) is 13.0 Å². The first kappa shape index (κ1) is 13.6. The van der Waals surface area contributed by atoms with Gasteiger partial charge in [-0.2, -0.15) is 0 Å². The molecule has 2 rings (SSSR count). The average molecular weight is 267 g/mol. The van der Waals surface area contributed by atoms with Crippen LogP contribution in [-0.2, 0) is 9.53 Å². The van der Waals surface area contributed by atoms with E-state index >= 15 is 0 Å². The van der Waals surface area contributed by atoms with Crippen LogP contribution in [0.25, 0.3) is 0 Å². The zero-order valence-electron chi connectivity index (χ0n) is 10.8. The van der Waals surface area contributed by atoms with Gasteiger partial charge >= 0.3 is 0 Å². The monoisotopic (exact) mass is 267 g/mol. The average Bonchev–Trinajstić information content (AvgIpc) is 2.83. The number of hydrazine groups is 1. The molecule has 2 heterocycles. The van der Waals surface area contributed by atoms with Crippen molar-refractivity contribution in [3.8, 4) is 0 Å². The Bertz CT molecular complexity index is 452. The third-order valence-corrected chi connectivity index (χ3v) is 2.89. The summed E-state index contributed by atoms with van der Waals surface area (Å²) in [4.78, 5) is 25.3. The molecule has 1 aromatic rings. The van der Waals surface area contributed by atoms with Crippen LogP contribution < -0.4 is 10.9 Å². The molecule has 1 aliphatic heterocycles. The van der Waals surface area contributed by atoms with Crippen LogP contribution >= 0.6 is 0 Å². The second kappa shape index (κ2) is 6.35. The number of ether oxygens (including phenoxy) is 1. The summed E-state index contributed by atoms with van der Waals surface area (Å²) in [5.41, 5.74) is 5.15. The van der Waals surface area contributed by atoms with E-state index in [1.165, 1.54) is 6.26 Å². The highest BCUT2D eigenvalue weighted by Gasteiger charge is 2.15. The summed E-state index contributed by atoms with van der Waals surface area (Å²) in [6.45, 7) is 4.64. The summed E-state index contributed by atoms with van der Waals surface area (Å²) in [5.74, 6) is -0.127. The largest absolute Gasteiger partial charge is 0.469 e. The van der Waals surface area contributed by atoms with Gasteiger partial charge in [-0.1, -0.05) is 0 Å². The number of nitrogens with one attached hydrogen (secondary N) is 2. The molecule has 1 saturated heterocycles. The molecule has 1 aromatic heterocycles. The molecule has 7 nitrogen and oxygen atoms in total. The minimum Gasteiger partial charge on any atom is -0.469 e. The molecular weight excluding hydrogens is 250 g/mol. The zero-order valence-corrected chi connectivity index (χ0v) is 10.8. The minimum atomic E-state index is -0.387. The van der Waals surface area contributed by atoms with Gasteiger partial charge in [-0.3, -0.25) is 25.3 Å². The minimum absolute atomic E-state index is 0.244. The Morgan fingerprint density at radius 1 is 1.32 bits per heavy atom. The van der Waals surface area contributed by atoms with Crippen LogP contribution in [0.15, 0.2) is 16.7 Å². The lowest BCUT2D eigenvalue weighted by molar-refractivity contribution is -0.124. The fourth-order valence-corrected chi connectivity index (χ4v) is 1.82. The Morgan fingerprint density at radius 2 is 2.05 bits per heavy atom. The first-order valence-corrected chi connectivity index (χ1v) is 6.10. The molecule has 1 aliphatic rings. The molecule has 1 fully saturated rings. The molecule has 104 valence electrons. The van der Waals surface area contributed by atoms with Gasteiger partial charge < -0.3 is 9.15 Å². The van der Waals surface area contributed by atoms with Crippen molar-refractivity contribution in [2.45, 2.75) is 6.92 Å². The van der Waals surface area contributed by atoms with Crippen molar-refractivity contribution in [3.05, 3.63) is 23.7 Å². The van der Waals surface area contributed by atoms with E-state index in [2.05, 4.69) is 10.9 Å². The summed E-state index contributed by atoms with van der Waals surface area (Å²) in [6.07, 6.45) is 1.43. The van der Waals surface area contributed by atoms with Gasteiger partial charge in [-0.25, -0.2) is 0 Å². The van der Waals surface area contributed by atoms with Crippen LogP contribution in [0, 0.1) is 6.92 Å². The number of amides is 2. The van der Waals surface area contributed by atoms with Crippen LogP contribution in [0.2, 0.25) is 0 Å². The third kappa shape index (κ3) is 3.80. The number of carbonyl (C=O) groups excluding carboxylic acids is 2. The van der Waals surface area contributed by atoms with E-state index in [4.69, 9.17) is 9.15 Å². The topological polar surface area (TPSA) is 83.8 Å². The fraction of sp³-hybridized carbons (Fsp3) is 0.500. The molecule has 0 spiro atoms. The molecule has 19 heavy (non-hydrogen) atoms. The van der Waals surface area contributed by atoms with Crippen molar-refractivity contribution in [3.63, 3.8) is 0 Å². The van der Waals surface area contributed by atoms with Gasteiger partial charge in [0.25, 0.3) is 11.8 Å². The van der Waals surface area contributed by atoms with E-state index in [0.29, 0.717) is 24.5 Å². The van der Waals surface area contributed by atoms with Crippen LogP contribution in [0.4, 0.5) is 0 Å². The van der Waals surface area contributed by atoms with Gasteiger partial charge in [0.15, 0.2) is 0 Å². The van der Waals surface area contributed by atoms with Crippen LogP contribution in [-0.4, -0.2) is 49.6 Å². The number of morpholine rings is 1. The normalized spacial score (nSPS) is 16.1. The van der Waals surface area contributed by atoms with E-state index in [-0.39, 0.29) is 18.4 Å². The quantitative estimate of drug-likeness (QED) is 0.733. The number of carbonyl (C=O) groups is 2. The molecule has 0 radical (unpaired) electrons. The first-order chi connectivity index (χ1) is 9.16. The highest BCUT2D eigenvalue weighted by atomic mass is 16.5. The zero-order chi connectivity index (χ0) is 13.7. The molecule has 7 heteroatoms.